The molecule has 1 aromatic carbocycles. The standard InChI is InChI=1S/C15H21NO4/c1-5-20-12-6-7-13(9(2)8-12)16-14(17)10(3)11(4)15(18)19/h6-8,10-11H,5H2,1-4H3,(H,16,17)(H,18,19). The molecule has 0 heterocycles. The van der Waals surface area contributed by atoms with Crippen molar-refractivity contribution in [2.24, 2.45) is 11.8 Å². The summed E-state index contributed by atoms with van der Waals surface area (Å²) in [6, 6.07) is 5.37. The molecule has 110 valence electrons. The number of nitrogens with one attached hydrogen (secondary N) is 1. The Kier molecular flexibility index (Phi) is 5.55. The Morgan fingerprint density at radius 1 is 1.30 bits per heavy atom. The SMILES string of the molecule is CCOc1ccc(NC(=O)C(C)C(C)C(=O)O)c(C)c1. The van der Waals surface area contributed by atoms with Gasteiger partial charge in [-0.25, -0.2) is 0 Å². The molecule has 0 saturated heterocycles. The van der Waals surface area contributed by atoms with E-state index in [1.165, 1.54) is 6.92 Å². The molecule has 0 spiro atoms. The molecule has 0 bridgehead atoms. The number of rotatable bonds is 6. The lowest BCUT2D eigenvalue weighted by Gasteiger charge is -2.17. The third kappa shape index (κ3) is 3.98. The van der Waals surface area contributed by atoms with Gasteiger partial charge in [0.2, 0.25) is 5.91 Å². The van der Waals surface area contributed by atoms with Crippen molar-refractivity contribution in [2.75, 3.05) is 11.9 Å². The number of anilines is 1. The lowest BCUT2D eigenvalue weighted by molar-refractivity contribution is -0.145. The fourth-order valence-corrected chi connectivity index (χ4v) is 1.72. The summed E-state index contributed by atoms with van der Waals surface area (Å²) in [4.78, 5) is 22.9. The molecule has 1 amide bonds. The Bertz CT molecular complexity index is 499. The first kappa shape index (κ1) is 16.0. The molecule has 0 aliphatic rings. The molecule has 0 aliphatic carbocycles. The summed E-state index contributed by atoms with van der Waals surface area (Å²) in [6.07, 6.45) is 0. The van der Waals surface area contributed by atoms with Crippen LogP contribution in [0.5, 0.6) is 5.75 Å². The van der Waals surface area contributed by atoms with Crippen LogP contribution in [0, 0.1) is 18.8 Å². The Morgan fingerprint density at radius 3 is 2.45 bits per heavy atom. The number of carbonyl (C=O) groups is 2. The first-order valence-corrected chi connectivity index (χ1v) is 6.64. The van der Waals surface area contributed by atoms with Crippen LogP contribution in [0.1, 0.15) is 26.3 Å². The normalized spacial score (nSPS) is 13.4. The Balaban J connectivity index is 2.78. The van der Waals surface area contributed by atoms with Crippen LogP contribution >= 0.6 is 0 Å². The van der Waals surface area contributed by atoms with Gasteiger partial charge in [-0.2, -0.15) is 0 Å². The summed E-state index contributed by atoms with van der Waals surface area (Å²) in [5, 5.41) is 11.7. The molecule has 20 heavy (non-hydrogen) atoms. The predicted molar refractivity (Wildman–Crippen MR) is 76.9 cm³/mol. The summed E-state index contributed by atoms with van der Waals surface area (Å²) in [5.74, 6) is -1.85. The molecule has 2 unspecified atom stereocenters. The zero-order valence-corrected chi connectivity index (χ0v) is 12.3. The number of ether oxygens (including phenoxy) is 1. The first-order chi connectivity index (χ1) is 9.36. The first-order valence-electron chi connectivity index (χ1n) is 6.64. The van der Waals surface area contributed by atoms with Gasteiger partial charge in [-0.3, -0.25) is 9.59 Å². The zero-order valence-electron chi connectivity index (χ0n) is 12.3. The molecule has 0 aromatic heterocycles. The molecule has 0 saturated carbocycles. The third-order valence-corrected chi connectivity index (χ3v) is 3.32. The van der Waals surface area contributed by atoms with E-state index in [1.807, 2.05) is 19.9 Å². The van der Waals surface area contributed by atoms with Gasteiger partial charge in [-0.15, -0.1) is 0 Å². The number of carboxylic acids is 1. The second-order valence-electron chi connectivity index (χ2n) is 4.81. The Labute approximate surface area is 118 Å². The van der Waals surface area contributed by atoms with E-state index in [0.717, 1.165) is 11.3 Å². The van der Waals surface area contributed by atoms with Gasteiger partial charge < -0.3 is 15.2 Å². The van der Waals surface area contributed by atoms with Crippen LogP contribution in [-0.2, 0) is 9.59 Å². The average Bonchev–Trinajstić information content (AvgIpc) is 2.40. The van der Waals surface area contributed by atoms with Crippen molar-refractivity contribution in [1.29, 1.82) is 0 Å². The molecule has 2 atom stereocenters. The molecule has 2 N–H and O–H groups in total. The maximum Gasteiger partial charge on any atom is 0.307 e. The quantitative estimate of drug-likeness (QED) is 0.839. The van der Waals surface area contributed by atoms with Gasteiger partial charge in [0.1, 0.15) is 5.75 Å². The van der Waals surface area contributed by atoms with Crippen LogP contribution in [0.25, 0.3) is 0 Å². The van der Waals surface area contributed by atoms with E-state index in [4.69, 9.17) is 9.84 Å². The average molecular weight is 279 g/mol. The number of aliphatic carboxylic acids is 1. The van der Waals surface area contributed by atoms with Gasteiger partial charge in [0.05, 0.1) is 12.5 Å². The van der Waals surface area contributed by atoms with E-state index in [0.29, 0.717) is 12.3 Å². The molecule has 1 aromatic rings. The Hall–Kier alpha value is -2.04. The summed E-state index contributed by atoms with van der Waals surface area (Å²) in [6.45, 7) is 7.48. The summed E-state index contributed by atoms with van der Waals surface area (Å²) >= 11 is 0. The highest BCUT2D eigenvalue weighted by Crippen LogP contribution is 2.23. The van der Waals surface area contributed by atoms with Gasteiger partial charge in [0.25, 0.3) is 0 Å². The molecule has 1 rings (SSSR count). The topological polar surface area (TPSA) is 75.6 Å². The third-order valence-electron chi connectivity index (χ3n) is 3.32. The fourth-order valence-electron chi connectivity index (χ4n) is 1.72. The van der Waals surface area contributed by atoms with Crippen LogP contribution < -0.4 is 10.1 Å². The van der Waals surface area contributed by atoms with Gasteiger partial charge in [0, 0.05) is 11.6 Å². The lowest BCUT2D eigenvalue weighted by atomic mass is 9.95. The van der Waals surface area contributed by atoms with Crippen molar-refractivity contribution in [2.45, 2.75) is 27.7 Å². The second-order valence-corrected chi connectivity index (χ2v) is 4.81. The molecular formula is C15H21NO4. The number of hydrogen-bond acceptors (Lipinski definition) is 3. The molecule has 5 nitrogen and oxygen atoms in total. The molecular weight excluding hydrogens is 258 g/mol. The monoisotopic (exact) mass is 279 g/mol. The van der Waals surface area contributed by atoms with E-state index < -0.39 is 17.8 Å². The van der Waals surface area contributed by atoms with Crippen LogP contribution in [0.3, 0.4) is 0 Å². The molecule has 0 fully saturated rings. The second kappa shape index (κ2) is 6.93. The van der Waals surface area contributed by atoms with E-state index in [1.54, 1.807) is 19.1 Å². The number of carboxylic acid groups (broad SMARTS) is 1. The van der Waals surface area contributed by atoms with E-state index in [9.17, 15) is 9.59 Å². The minimum absolute atomic E-state index is 0.299. The highest BCUT2D eigenvalue weighted by molar-refractivity contribution is 5.95. The van der Waals surface area contributed by atoms with E-state index in [-0.39, 0.29) is 5.91 Å². The minimum atomic E-state index is -0.976. The van der Waals surface area contributed by atoms with Gasteiger partial charge >= 0.3 is 5.97 Å². The zero-order chi connectivity index (χ0) is 15.3. The minimum Gasteiger partial charge on any atom is -0.494 e. The van der Waals surface area contributed by atoms with E-state index in [2.05, 4.69) is 5.32 Å². The molecule has 5 heteroatoms. The van der Waals surface area contributed by atoms with Gasteiger partial charge in [-0.1, -0.05) is 13.8 Å². The van der Waals surface area contributed by atoms with Crippen LogP contribution in [0.4, 0.5) is 5.69 Å². The van der Waals surface area contributed by atoms with Crippen molar-refractivity contribution in [1.82, 2.24) is 0 Å². The number of hydrogen-bond donors (Lipinski definition) is 2. The predicted octanol–water partition coefficient (Wildman–Crippen LogP) is 2.69. The number of benzene rings is 1. The Morgan fingerprint density at radius 2 is 1.95 bits per heavy atom. The van der Waals surface area contributed by atoms with Crippen LogP contribution in [-0.4, -0.2) is 23.6 Å². The summed E-state index contributed by atoms with van der Waals surface area (Å²) in [5.41, 5.74) is 1.54. The summed E-state index contributed by atoms with van der Waals surface area (Å²) in [7, 11) is 0. The smallest absolute Gasteiger partial charge is 0.307 e. The van der Waals surface area contributed by atoms with Crippen molar-refractivity contribution in [3.8, 4) is 5.75 Å². The maximum absolute atomic E-state index is 12.0. The molecule has 0 radical (unpaired) electrons. The lowest BCUT2D eigenvalue weighted by Crippen LogP contribution is -2.30. The van der Waals surface area contributed by atoms with Crippen molar-refractivity contribution in [3.63, 3.8) is 0 Å². The van der Waals surface area contributed by atoms with E-state index >= 15 is 0 Å². The fraction of sp³-hybridized carbons (Fsp3) is 0.467. The van der Waals surface area contributed by atoms with Crippen molar-refractivity contribution < 1.29 is 19.4 Å². The van der Waals surface area contributed by atoms with Crippen molar-refractivity contribution in [3.05, 3.63) is 23.8 Å². The van der Waals surface area contributed by atoms with Gasteiger partial charge in [-0.05, 0) is 37.6 Å². The van der Waals surface area contributed by atoms with Crippen LogP contribution in [0.2, 0.25) is 0 Å². The summed E-state index contributed by atoms with van der Waals surface area (Å²) < 4.78 is 5.37. The number of amides is 1. The maximum atomic E-state index is 12.0. The highest BCUT2D eigenvalue weighted by Gasteiger charge is 2.26. The van der Waals surface area contributed by atoms with Gasteiger partial charge in [0.15, 0.2) is 0 Å². The largest absolute Gasteiger partial charge is 0.494 e. The number of carbonyl (C=O) groups excluding carboxylic acids is 1. The van der Waals surface area contributed by atoms with Crippen molar-refractivity contribution >= 4 is 17.6 Å². The number of aryl methyl sites for hydroxylation is 1. The molecule has 0 aliphatic heterocycles. The highest BCUT2D eigenvalue weighted by atomic mass is 16.5. The van der Waals surface area contributed by atoms with Crippen LogP contribution in [0.15, 0.2) is 18.2 Å².